The predicted octanol–water partition coefficient (Wildman–Crippen LogP) is 6.53. The van der Waals surface area contributed by atoms with Crippen molar-refractivity contribution in [2.75, 3.05) is 0 Å². The lowest BCUT2D eigenvalue weighted by Crippen LogP contribution is -2.27. The van der Waals surface area contributed by atoms with Crippen LogP contribution in [0.4, 0.5) is 17.6 Å². The lowest BCUT2D eigenvalue weighted by Gasteiger charge is -2.21. The van der Waals surface area contributed by atoms with Crippen molar-refractivity contribution in [1.82, 2.24) is 15.2 Å². The van der Waals surface area contributed by atoms with Gasteiger partial charge in [0.25, 0.3) is 5.91 Å². The van der Waals surface area contributed by atoms with Crippen molar-refractivity contribution >= 4 is 5.91 Å². The first-order valence-electron chi connectivity index (χ1n) is 11.6. The Kier molecular flexibility index (Phi) is 8.03. The topological polar surface area (TPSA) is 58.4 Å². The molecule has 4 rings (SSSR count). The van der Waals surface area contributed by atoms with Gasteiger partial charge in [-0.25, -0.2) is 9.37 Å². The first kappa shape index (κ1) is 26.1. The second-order valence-corrected chi connectivity index (χ2v) is 8.71. The summed E-state index contributed by atoms with van der Waals surface area (Å²) in [4.78, 5) is 18.7. The first-order valence-corrected chi connectivity index (χ1v) is 11.6. The van der Waals surface area contributed by atoms with Crippen LogP contribution < -0.4 is 5.32 Å². The third-order valence-electron chi connectivity index (χ3n) is 5.75. The molecule has 0 radical (unpaired) electrons. The van der Waals surface area contributed by atoms with Gasteiger partial charge in [-0.2, -0.15) is 13.2 Å². The number of halogens is 4. The van der Waals surface area contributed by atoms with Crippen LogP contribution in [0.25, 0.3) is 0 Å². The summed E-state index contributed by atoms with van der Waals surface area (Å²) >= 11 is 0. The number of carbonyl (C=O) groups is 1. The van der Waals surface area contributed by atoms with E-state index >= 15 is 0 Å². The van der Waals surface area contributed by atoms with Crippen molar-refractivity contribution in [2.24, 2.45) is 0 Å². The molecule has 1 N–H and O–H groups in total. The Morgan fingerprint density at radius 3 is 2.30 bits per heavy atom. The number of hydrogen-bond acceptors (Lipinski definition) is 4. The molecular formula is C28H25F4N3O2. The summed E-state index contributed by atoms with van der Waals surface area (Å²) in [6.45, 7) is 2.29. The zero-order chi connectivity index (χ0) is 26.4. The number of nitrogens with zero attached hydrogens (tertiary/aromatic N) is 2. The molecule has 9 heteroatoms. The van der Waals surface area contributed by atoms with E-state index in [1.54, 1.807) is 23.1 Å². The third kappa shape index (κ3) is 7.27. The molecule has 0 unspecified atom stereocenters. The summed E-state index contributed by atoms with van der Waals surface area (Å²) < 4.78 is 58.9. The number of nitrogens with one attached hydrogen (secondary N) is 1. The Bertz CT molecular complexity index is 1340. The smallest absolute Gasteiger partial charge is 0.416 e. The van der Waals surface area contributed by atoms with E-state index < -0.39 is 23.5 Å². The number of aromatic nitrogens is 1. The standard InChI is InChI=1S/C28H25F4N3O2/c1-19(22-9-3-2-4-10-22)33-27(36)25-18-37-26(34-25)17-35(16-21-8-6-12-24(29)14-21)15-20-7-5-11-23(13-20)28(30,31)32/h2-14,18-19H,15-17H2,1H3,(H,33,36)/t19-/m0/s1. The van der Waals surface area contributed by atoms with Gasteiger partial charge in [-0.1, -0.05) is 60.7 Å². The van der Waals surface area contributed by atoms with Gasteiger partial charge in [0.2, 0.25) is 5.89 Å². The Hall–Kier alpha value is -3.98. The molecule has 3 aromatic carbocycles. The quantitative estimate of drug-likeness (QED) is 0.260. The molecule has 0 saturated heterocycles. The maximum atomic E-state index is 13.8. The summed E-state index contributed by atoms with van der Waals surface area (Å²) in [5, 5.41) is 2.86. The van der Waals surface area contributed by atoms with Crippen LogP contribution in [0.1, 0.15) is 51.6 Å². The zero-order valence-electron chi connectivity index (χ0n) is 20.0. The fraction of sp³-hybridized carbons (Fsp3) is 0.214. The van der Waals surface area contributed by atoms with Gasteiger partial charge in [0.1, 0.15) is 12.1 Å². The molecule has 0 aliphatic carbocycles. The van der Waals surface area contributed by atoms with E-state index in [1.165, 1.54) is 24.5 Å². The average molecular weight is 512 g/mol. The van der Waals surface area contributed by atoms with Crippen LogP contribution >= 0.6 is 0 Å². The van der Waals surface area contributed by atoms with Gasteiger partial charge in [-0.3, -0.25) is 9.69 Å². The van der Waals surface area contributed by atoms with Crippen molar-refractivity contribution in [3.8, 4) is 0 Å². The van der Waals surface area contributed by atoms with Gasteiger partial charge in [-0.05, 0) is 41.8 Å². The fourth-order valence-electron chi connectivity index (χ4n) is 3.94. The molecule has 192 valence electrons. The minimum atomic E-state index is -4.47. The molecule has 0 fully saturated rings. The van der Waals surface area contributed by atoms with E-state index in [1.807, 2.05) is 37.3 Å². The highest BCUT2D eigenvalue weighted by Gasteiger charge is 2.30. The van der Waals surface area contributed by atoms with Crippen LogP contribution in [-0.4, -0.2) is 15.8 Å². The molecule has 0 aliphatic heterocycles. The summed E-state index contributed by atoms with van der Waals surface area (Å²) in [5.74, 6) is -0.624. The normalized spacial score (nSPS) is 12.5. The molecular weight excluding hydrogens is 486 g/mol. The van der Waals surface area contributed by atoms with Gasteiger partial charge >= 0.3 is 6.18 Å². The molecule has 0 aliphatic rings. The largest absolute Gasteiger partial charge is 0.447 e. The SMILES string of the molecule is C[C@H](NC(=O)c1coc(CN(Cc2cccc(F)c2)Cc2cccc(C(F)(F)F)c2)n1)c1ccccc1. The van der Waals surface area contributed by atoms with Crippen molar-refractivity contribution in [1.29, 1.82) is 0 Å². The maximum Gasteiger partial charge on any atom is 0.416 e. The highest BCUT2D eigenvalue weighted by Crippen LogP contribution is 2.30. The average Bonchev–Trinajstić information content (AvgIpc) is 3.33. The van der Waals surface area contributed by atoms with Gasteiger partial charge in [0.15, 0.2) is 5.69 Å². The van der Waals surface area contributed by atoms with E-state index in [9.17, 15) is 22.4 Å². The molecule has 0 spiro atoms. The molecule has 4 aromatic rings. The number of oxazole rings is 1. The van der Waals surface area contributed by atoms with E-state index in [-0.39, 0.29) is 37.3 Å². The third-order valence-corrected chi connectivity index (χ3v) is 5.75. The summed E-state index contributed by atoms with van der Waals surface area (Å²) in [5.41, 5.74) is 1.32. The number of alkyl halides is 3. The Labute approximate surface area is 211 Å². The fourth-order valence-corrected chi connectivity index (χ4v) is 3.94. The summed E-state index contributed by atoms with van der Waals surface area (Å²) in [6.07, 6.45) is -3.22. The van der Waals surface area contributed by atoms with Gasteiger partial charge in [-0.15, -0.1) is 0 Å². The number of carbonyl (C=O) groups excluding carboxylic acids is 1. The van der Waals surface area contributed by atoms with E-state index in [4.69, 9.17) is 4.42 Å². The Morgan fingerprint density at radius 1 is 0.946 bits per heavy atom. The molecule has 0 bridgehead atoms. The summed E-state index contributed by atoms with van der Waals surface area (Å²) in [6, 6.07) is 20.2. The van der Waals surface area contributed by atoms with Crippen LogP contribution in [0.5, 0.6) is 0 Å². The lowest BCUT2D eigenvalue weighted by atomic mass is 10.1. The van der Waals surface area contributed by atoms with Gasteiger partial charge < -0.3 is 9.73 Å². The van der Waals surface area contributed by atoms with Crippen molar-refractivity contribution in [3.63, 3.8) is 0 Å². The maximum absolute atomic E-state index is 13.8. The zero-order valence-corrected chi connectivity index (χ0v) is 20.0. The lowest BCUT2D eigenvalue weighted by molar-refractivity contribution is -0.137. The second kappa shape index (κ2) is 11.4. The predicted molar refractivity (Wildman–Crippen MR) is 130 cm³/mol. The van der Waals surface area contributed by atoms with Crippen LogP contribution in [0.3, 0.4) is 0 Å². The van der Waals surface area contributed by atoms with Gasteiger partial charge in [0.05, 0.1) is 18.2 Å². The number of rotatable bonds is 9. The monoisotopic (exact) mass is 511 g/mol. The van der Waals surface area contributed by atoms with Crippen molar-refractivity contribution in [3.05, 3.63) is 125 Å². The van der Waals surface area contributed by atoms with Crippen molar-refractivity contribution < 1.29 is 26.8 Å². The molecule has 1 atom stereocenters. The van der Waals surface area contributed by atoms with E-state index in [2.05, 4.69) is 10.3 Å². The first-order chi connectivity index (χ1) is 17.7. The molecule has 1 aromatic heterocycles. The van der Waals surface area contributed by atoms with E-state index in [0.29, 0.717) is 11.1 Å². The van der Waals surface area contributed by atoms with Crippen LogP contribution in [0, 0.1) is 5.82 Å². The number of hydrogen-bond donors (Lipinski definition) is 1. The molecule has 0 saturated carbocycles. The molecule has 37 heavy (non-hydrogen) atoms. The van der Waals surface area contributed by atoms with E-state index in [0.717, 1.165) is 17.7 Å². The van der Waals surface area contributed by atoms with Gasteiger partial charge in [0, 0.05) is 13.1 Å². The minimum Gasteiger partial charge on any atom is -0.447 e. The van der Waals surface area contributed by atoms with Crippen LogP contribution in [0.15, 0.2) is 89.5 Å². The van der Waals surface area contributed by atoms with Crippen molar-refractivity contribution in [2.45, 2.75) is 38.8 Å². The summed E-state index contributed by atoms with van der Waals surface area (Å²) in [7, 11) is 0. The Morgan fingerprint density at radius 2 is 1.62 bits per heavy atom. The number of benzene rings is 3. The molecule has 1 amide bonds. The minimum absolute atomic E-state index is 0.0857. The van der Waals surface area contributed by atoms with Crippen LogP contribution in [-0.2, 0) is 25.8 Å². The second-order valence-electron chi connectivity index (χ2n) is 8.71. The highest BCUT2D eigenvalue weighted by atomic mass is 19.4. The van der Waals surface area contributed by atoms with Crippen LogP contribution in [0.2, 0.25) is 0 Å². The molecule has 1 heterocycles. The Balaban J connectivity index is 1.50. The highest BCUT2D eigenvalue weighted by molar-refractivity contribution is 5.92. The number of amides is 1. The molecule has 5 nitrogen and oxygen atoms in total.